The predicted molar refractivity (Wildman–Crippen MR) is 97.4 cm³/mol. The first-order valence-electron chi connectivity index (χ1n) is 7.98. The molecule has 6 heteroatoms. The van der Waals surface area contributed by atoms with Crippen molar-refractivity contribution in [3.8, 4) is 0 Å². The number of amides is 1. The van der Waals surface area contributed by atoms with Crippen LogP contribution in [0.1, 0.15) is 11.1 Å². The van der Waals surface area contributed by atoms with Gasteiger partial charge in [-0.1, -0.05) is 29.4 Å². The van der Waals surface area contributed by atoms with Gasteiger partial charge in [-0.3, -0.25) is 4.79 Å². The summed E-state index contributed by atoms with van der Waals surface area (Å²) in [7, 11) is 3.95. The molecular weight excluding hydrogens is 321 g/mol. The number of halogens is 1. The minimum Gasteiger partial charge on any atom is -0.386 e. The Kier molecular flexibility index (Phi) is 6.95. The fraction of sp³-hybridized carbons (Fsp3) is 0.263. The quantitative estimate of drug-likeness (QED) is 0.592. The maximum atomic E-state index is 12.8. The van der Waals surface area contributed by atoms with E-state index in [4.69, 9.17) is 4.84 Å². The Morgan fingerprint density at radius 3 is 2.48 bits per heavy atom. The zero-order chi connectivity index (χ0) is 18.1. The first kappa shape index (κ1) is 18.4. The fourth-order valence-corrected chi connectivity index (χ4v) is 2.10. The largest absolute Gasteiger partial charge is 0.386 e. The van der Waals surface area contributed by atoms with Gasteiger partial charge >= 0.3 is 0 Å². The lowest BCUT2D eigenvalue weighted by atomic mass is 10.1. The molecule has 0 saturated carbocycles. The molecule has 2 rings (SSSR count). The Labute approximate surface area is 147 Å². The van der Waals surface area contributed by atoms with Gasteiger partial charge in [-0.25, -0.2) is 4.39 Å². The van der Waals surface area contributed by atoms with Crippen LogP contribution < -0.4 is 10.2 Å². The smallest absolute Gasteiger partial charge is 0.260 e. The van der Waals surface area contributed by atoms with Crippen LogP contribution in [0.5, 0.6) is 0 Å². The highest BCUT2D eigenvalue weighted by molar-refractivity contribution is 5.80. The van der Waals surface area contributed by atoms with Crippen LogP contribution in [0.3, 0.4) is 0 Å². The van der Waals surface area contributed by atoms with E-state index in [1.165, 1.54) is 12.1 Å². The van der Waals surface area contributed by atoms with Gasteiger partial charge in [-0.05, 0) is 41.8 Å². The minimum atomic E-state index is -0.268. The van der Waals surface area contributed by atoms with Crippen molar-refractivity contribution < 1.29 is 14.0 Å². The van der Waals surface area contributed by atoms with Crippen LogP contribution in [-0.4, -0.2) is 39.4 Å². The Bertz CT molecular complexity index is 698. The zero-order valence-corrected chi connectivity index (χ0v) is 14.4. The highest BCUT2D eigenvalue weighted by Gasteiger charge is 2.01. The fourth-order valence-electron chi connectivity index (χ4n) is 2.10. The van der Waals surface area contributed by atoms with Crippen molar-refractivity contribution in [1.82, 2.24) is 5.32 Å². The third kappa shape index (κ3) is 6.63. The Hall–Kier alpha value is -2.89. The molecule has 0 heterocycles. The lowest BCUT2D eigenvalue weighted by Crippen LogP contribution is -2.28. The van der Waals surface area contributed by atoms with Crippen molar-refractivity contribution >= 4 is 17.8 Å². The van der Waals surface area contributed by atoms with Crippen LogP contribution in [-0.2, 0) is 16.1 Å². The molecule has 1 amide bonds. The average Bonchev–Trinajstić information content (AvgIpc) is 2.61. The highest BCUT2D eigenvalue weighted by Crippen LogP contribution is 2.10. The predicted octanol–water partition coefficient (Wildman–Crippen LogP) is 2.60. The molecule has 2 aromatic rings. The maximum Gasteiger partial charge on any atom is 0.260 e. The van der Waals surface area contributed by atoms with Gasteiger partial charge in [0.25, 0.3) is 5.91 Å². The topological polar surface area (TPSA) is 53.9 Å². The molecule has 0 saturated heterocycles. The van der Waals surface area contributed by atoms with Crippen molar-refractivity contribution in [2.24, 2.45) is 5.16 Å². The maximum absolute atomic E-state index is 12.8. The molecule has 0 aliphatic heterocycles. The number of nitrogens with one attached hydrogen (secondary N) is 1. The van der Waals surface area contributed by atoms with Crippen molar-refractivity contribution in [3.05, 3.63) is 65.5 Å². The van der Waals surface area contributed by atoms with Gasteiger partial charge in [0.1, 0.15) is 5.82 Å². The van der Waals surface area contributed by atoms with Crippen LogP contribution in [0.25, 0.3) is 0 Å². The third-order valence-corrected chi connectivity index (χ3v) is 3.53. The molecule has 0 aliphatic carbocycles. The third-order valence-electron chi connectivity index (χ3n) is 3.53. The summed E-state index contributed by atoms with van der Waals surface area (Å²) in [6, 6.07) is 14.0. The molecule has 0 spiro atoms. The van der Waals surface area contributed by atoms with Crippen LogP contribution in [0.2, 0.25) is 0 Å². The van der Waals surface area contributed by atoms with E-state index < -0.39 is 0 Å². The number of hydrogen-bond donors (Lipinski definition) is 1. The van der Waals surface area contributed by atoms with Crippen LogP contribution in [0, 0.1) is 5.82 Å². The standard InChI is InChI=1S/C19H22FN3O2/c1-23(2)18-9-5-16(6-10-18)13-22-25-14-19(24)21-12-11-15-3-7-17(20)8-4-15/h3-10,13H,11-12,14H2,1-2H3,(H,21,24)/b22-13+. The second kappa shape index (κ2) is 9.42. The van der Waals surface area contributed by atoms with Crippen LogP contribution >= 0.6 is 0 Å². The lowest BCUT2D eigenvalue weighted by molar-refractivity contribution is -0.125. The van der Waals surface area contributed by atoms with E-state index in [2.05, 4.69) is 10.5 Å². The van der Waals surface area contributed by atoms with Crippen molar-refractivity contribution in [1.29, 1.82) is 0 Å². The first-order chi connectivity index (χ1) is 12.0. The second-order valence-electron chi connectivity index (χ2n) is 5.72. The van der Waals surface area contributed by atoms with E-state index in [9.17, 15) is 9.18 Å². The van der Waals surface area contributed by atoms with E-state index in [1.54, 1.807) is 18.3 Å². The van der Waals surface area contributed by atoms with E-state index >= 15 is 0 Å². The molecule has 25 heavy (non-hydrogen) atoms. The normalized spacial score (nSPS) is 10.7. The Morgan fingerprint density at radius 1 is 1.16 bits per heavy atom. The number of hydrogen-bond acceptors (Lipinski definition) is 4. The molecule has 0 fully saturated rings. The molecule has 1 N–H and O–H groups in total. The van der Waals surface area contributed by atoms with Crippen molar-refractivity contribution in [2.45, 2.75) is 6.42 Å². The summed E-state index contributed by atoms with van der Waals surface area (Å²) in [4.78, 5) is 18.6. The summed E-state index contributed by atoms with van der Waals surface area (Å²) >= 11 is 0. The monoisotopic (exact) mass is 343 g/mol. The van der Waals surface area contributed by atoms with Crippen LogP contribution in [0.15, 0.2) is 53.7 Å². The number of oxime groups is 1. The van der Waals surface area contributed by atoms with Gasteiger partial charge in [0.05, 0.1) is 6.21 Å². The molecule has 0 radical (unpaired) electrons. The average molecular weight is 343 g/mol. The molecule has 0 aliphatic rings. The van der Waals surface area contributed by atoms with Gasteiger partial charge in [-0.15, -0.1) is 0 Å². The summed E-state index contributed by atoms with van der Waals surface area (Å²) in [6.07, 6.45) is 2.19. The van der Waals surface area contributed by atoms with E-state index in [1.807, 2.05) is 43.3 Å². The number of benzene rings is 2. The van der Waals surface area contributed by atoms with Crippen molar-refractivity contribution in [2.75, 3.05) is 32.1 Å². The van der Waals surface area contributed by atoms with E-state index in [0.29, 0.717) is 13.0 Å². The molecule has 5 nitrogen and oxygen atoms in total. The van der Waals surface area contributed by atoms with Gasteiger partial charge < -0.3 is 15.1 Å². The van der Waals surface area contributed by atoms with Gasteiger partial charge in [0, 0.05) is 26.3 Å². The number of rotatable bonds is 8. The van der Waals surface area contributed by atoms with E-state index in [-0.39, 0.29) is 18.3 Å². The molecule has 0 atom stereocenters. The van der Waals surface area contributed by atoms with Crippen LogP contribution in [0.4, 0.5) is 10.1 Å². The number of nitrogens with zero attached hydrogens (tertiary/aromatic N) is 2. The zero-order valence-electron chi connectivity index (χ0n) is 14.4. The summed E-state index contributed by atoms with van der Waals surface area (Å²) in [5.41, 5.74) is 2.95. The Morgan fingerprint density at radius 2 is 1.84 bits per heavy atom. The van der Waals surface area contributed by atoms with Gasteiger partial charge in [0.2, 0.25) is 0 Å². The number of carbonyl (C=O) groups is 1. The highest BCUT2D eigenvalue weighted by atomic mass is 19.1. The first-order valence-corrected chi connectivity index (χ1v) is 7.98. The SMILES string of the molecule is CN(C)c1ccc(/C=N/OCC(=O)NCCc2ccc(F)cc2)cc1. The summed E-state index contributed by atoms with van der Waals surface area (Å²) in [5, 5.41) is 6.52. The second-order valence-corrected chi connectivity index (χ2v) is 5.72. The Balaban J connectivity index is 1.65. The number of carbonyl (C=O) groups excluding carboxylic acids is 1. The van der Waals surface area contributed by atoms with E-state index in [0.717, 1.165) is 16.8 Å². The summed E-state index contributed by atoms with van der Waals surface area (Å²) in [5.74, 6) is -0.516. The van der Waals surface area contributed by atoms with Crippen molar-refractivity contribution in [3.63, 3.8) is 0 Å². The summed E-state index contributed by atoms with van der Waals surface area (Å²) in [6.45, 7) is 0.319. The molecule has 0 unspecified atom stereocenters. The van der Waals surface area contributed by atoms with Gasteiger partial charge in [-0.2, -0.15) is 0 Å². The minimum absolute atomic E-state index is 0.143. The van der Waals surface area contributed by atoms with Gasteiger partial charge in [0.15, 0.2) is 6.61 Å². The molecular formula is C19H22FN3O2. The summed E-state index contributed by atoms with van der Waals surface area (Å²) < 4.78 is 12.8. The molecule has 132 valence electrons. The molecule has 0 bridgehead atoms. The number of anilines is 1. The lowest BCUT2D eigenvalue weighted by Gasteiger charge is -2.11. The molecule has 0 aromatic heterocycles. The molecule has 2 aromatic carbocycles.